The Morgan fingerprint density at radius 1 is 1.17 bits per heavy atom. The molecule has 30 heavy (non-hydrogen) atoms. The van der Waals surface area contributed by atoms with Crippen molar-refractivity contribution in [2.24, 2.45) is 0 Å². The summed E-state index contributed by atoms with van der Waals surface area (Å²) < 4.78 is 5.42. The lowest BCUT2D eigenvalue weighted by Crippen LogP contribution is -2.39. The van der Waals surface area contributed by atoms with Gasteiger partial charge in [0.05, 0.1) is 22.3 Å². The largest absolute Gasteiger partial charge is 0.492 e. The highest BCUT2D eigenvalue weighted by Crippen LogP contribution is 2.32. The van der Waals surface area contributed by atoms with Gasteiger partial charge in [0.15, 0.2) is 5.82 Å². The van der Waals surface area contributed by atoms with Crippen LogP contribution >= 0.6 is 23.2 Å². The summed E-state index contributed by atoms with van der Waals surface area (Å²) in [4.78, 5) is 55.1. The molecule has 3 rings (SSSR count). The van der Waals surface area contributed by atoms with Gasteiger partial charge in [0.2, 0.25) is 5.91 Å². The first-order chi connectivity index (χ1) is 14.3. The molecule has 0 atom stereocenters. The number of hydrogen-bond acceptors (Lipinski definition) is 6. The summed E-state index contributed by atoms with van der Waals surface area (Å²) in [6, 6.07) is 5.33. The monoisotopic (exact) mass is 450 g/mol. The van der Waals surface area contributed by atoms with Gasteiger partial charge in [-0.25, -0.2) is 19.6 Å². The van der Waals surface area contributed by atoms with Crippen molar-refractivity contribution >= 4 is 58.5 Å². The number of rotatable bonds is 6. The van der Waals surface area contributed by atoms with Crippen LogP contribution < -0.4 is 15.0 Å². The Labute approximate surface area is 181 Å². The molecule has 0 bridgehead atoms. The Morgan fingerprint density at radius 3 is 2.57 bits per heavy atom. The number of benzene rings is 1. The van der Waals surface area contributed by atoms with E-state index in [1.807, 2.05) is 0 Å². The fourth-order valence-corrected chi connectivity index (χ4v) is 3.13. The highest BCUT2D eigenvalue weighted by atomic mass is 35.5. The van der Waals surface area contributed by atoms with Crippen molar-refractivity contribution in [3.05, 3.63) is 46.1 Å². The summed E-state index contributed by atoms with van der Waals surface area (Å²) in [6.45, 7) is 2.98. The Morgan fingerprint density at radius 2 is 1.87 bits per heavy atom. The second-order valence-electron chi connectivity index (χ2n) is 6.16. The molecule has 1 saturated heterocycles. The molecule has 156 valence electrons. The molecular formula is C19H16Cl2N4O5. The average Bonchev–Trinajstić information content (AvgIpc) is 2.92. The number of aromatic nitrogens is 1. The summed E-state index contributed by atoms with van der Waals surface area (Å²) >= 11 is 12.0. The van der Waals surface area contributed by atoms with Crippen molar-refractivity contribution in [3.8, 4) is 5.75 Å². The molecular weight excluding hydrogens is 435 g/mol. The molecule has 9 nitrogen and oxygen atoms in total. The van der Waals surface area contributed by atoms with Crippen LogP contribution in [0.1, 0.15) is 12.5 Å². The molecule has 1 aromatic heterocycles. The van der Waals surface area contributed by atoms with E-state index >= 15 is 0 Å². The molecule has 1 fully saturated rings. The van der Waals surface area contributed by atoms with Crippen LogP contribution in [0.3, 0.4) is 0 Å². The summed E-state index contributed by atoms with van der Waals surface area (Å²) in [5, 5.41) is 2.85. The smallest absolute Gasteiger partial charge is 0.339 e. The number of pyridine rings is 1. The fourth-order valence-electron chi connectivity index (χ4n) is 2.74. The van der Waals surface area contributed by atoms with E-state index in [2.05, 4.69) is 10.3 Å². The van der Waals surface area contributed by atoms with Crippen LogP contribution in [0.25, 0.3) is 0 Å². The molecule has 0 unspecified atom stereocenters. The molecule has 0 radical (unpaired) electrons. The highest BCUT2D eigenvalue weighted by molar-refractivity contribution is 6.53. The number of carbonyl (C=O) groups excluding carboxylic acids is 4. The maximum absolute atomic E-state index is 12.8. The van der Waals surface area contributed by atoms with E-state index in [1.165, 1.54) is 12.3 Å². The van der Waals surface area contributed by atoms with Gasteiger partial charge < -0.3 is 10.1 Å². The number of urea groups is 1. The van der Waals surface area contributed by atoms with E-state index in [0.29, 0.717) is 27.0 Å². The van der Waals surface area contributed by atoms with Crippen molar-refractivity contribution in [1.82, 2.24) is 9.88 Å². The van der Waals surface area contributed by atoms with E-state index in [0.717, 1.165) is 0 Å². The molecule has 0 spiro atoms. The Balaban J connectivity index is 1.80. The van der Waals surface area contributed by atoms with Gasteiger partial charge in [0, 0.05) is 6.20 Å². The lowest BCUT2D eigenvalue weighted by Gasteiger charge is -2.18. The second kappa shape index (κ2) is 8.68. The zero-order valence-electron chi connectivity index (χ0n) is 15.9. The number of imide groups is 2. The molecule has 1 N–H and O–H groups in total. The number of hydrogen-bond donors (Lipinski definition) is 1. The summed E-state index contributed by atoms with van der Waals surface area (Å²) in [5.41, 5.74) is 0.620. The molecule has 5 amide bonds. The van der Waals surface area contributed by atoms with Crippen molar-refractivity contribution in [3.63, 3.8) is 0 Å². The van der Waals surface area contributed by atoms with E-state index in [1.54, 1.807) is 32.0 Å². The SMILES string of the molecule is CCOc1ccccc1N1C(=O)C(=O)N(CC(=O)Nc2ncc(Cl)c(C)c2Cl)C1=O. The zero-order valence-corrected chi connectivity index (χ0v) is 17.5. The Bertz CT molecular complexity index is 1060. The average molecular weight is 451 g/mol. The number of carbonyl (C=O) groups is 4. The molecule has 1 aliphatic heterocycles. The van der Waals surface area contributed by atoms with Gasteiger partial charge in [-0.3, -0.25) is 14.4 Å². The number of para-hydroxylation sites is 2. The van der Waals surface area contributed by atoms with Gasteiger partial charge in [0.25, 0.3) is 0 Å². The topological polar surface area (TPSA) is 109 Å². The van der Waals surface area contributed by atoms with Crippen LogP contribution in [0.15, 0.2) is 30.5 Å². The maximum Gasteiger partial charge on any atom is 0.339 e. The van der Waals surface area contributed by atoms with Gasteiger partial charge in [-0.15, -0.1) is 0 Å². The molecule has 2 aromatic rings. The van der Waals surface area contributed by atoms with E-state index in [-0.39, 0.29) is 22.3 Å². The Kier molecular flexibility index (Phi) is 6.23. The minimum atomic E-state index is -1.13. The lowest BCUT2D eigenvalue weighted by atomic mass is 10.2. The van der Waals surface area contributed by atoms with Crippen LogP contribution in [0.2, 0.25) is 10.0 Å². The third-order valence-corrected chi connectivity index (χ3v) is 5.06. The maximum atomic E-state index is 12.8. The third kappa shape index (κ3) is 3.94. The molecule has 2 heterocycles. The first kappa shape index (κ1) is 21.5. The standard InChI is InChI=1S/C19H16Cl2N4O5/c1-3-30-13-7-5-4-6-12(13)25-18(28)17(27)24(19(25)29)9-14(26)23-16-15(21)10(2)11(20)8-22-16/h4-8H,3,9H2,1-2H3,(H,22,23,26). The van der Waals surface area contributed by atoms with Crippen LogP contribution in [-0.2, 0) is 14.4 Å². The minimum absolute atomic E-state index is 0.0209. The van der Waals surface area contributed by atoms with Crippen LogP contribution in [0.4, 0.5) is 16.3 Å². The number of ether oxygens (including phenoxy) is 1. The summed E-state index contributed by atoms with van der Waals surface area (Å²) in [7, 11) is 0. The van der Waals surface area contributed by atoms with E-state index in [4.69, 9.17) is 27.9 Å². The first-order valence-electron chi connectivity index (χ1n) is 8.78. The molecule has 11 heteroatoms. The minimum Gasteiger partial charge on any atom is -0.492 e. The predicted molar refractivity (Wildman–Crippen MR) is 110 cm³/mol. The molecule has 0 aliphatic carbocycles. The van der Waals surface area contributed by atoms with Crippen LogP contribution in [0, 0.1) is 6.92 Å². The number of nitrogens with zero attached hydrogens (tertiary/aromatic N) is 3. The molecule has 1 aliphatic rings. The predicted octanol–water partition coefficient (Wildman–Crippen LogP) is 3.03. The van der Waals surface area contributed by atoms with Crippen LogP contribution in [0.5, 0.6) is 5.75 Å². The normalized spacial score (nSPS) is 13.8. The third-order valence-electron chi connectivity index (χ3n) is 4.22. The molecule has 1 aromatic carbocycles. The first-order valence-corrected chi connectivity index (χ1v) is 9.54. The Hall–Kier alpha value is -3.17. The zero-order chi connectivity index (χ0) is 22.0. The van der Waals surface area contributed by atoms with Gasteiger partial charge in [-0.05, 0) is 31.5 Å². The lowest BCUT2D eigenvalue weighted by molar-refractivity contribution is -0.140. The van der Waals surface area contributed by atoms with Gasteiger partial charge in [-0.2, -0.15) is 0 Å². The number of anilines is 2. The van der Waals surface area contributed by atoms with Crippen molar-refractivity contribution in [2.75, 3.05) is 23.4 Å². The van der Waals surface area contributed by atoms with Gasteiger partial charge in [-0.1, -0.05) is 35.3 Å². The quantitative estimate of drug-likeness (QED) is 0.534. The van der Waals surface area contributed by atoms with Gasteiger partial charge >= 0.3 is 17.8 Å². The summed E-state index contributed by atoms with van der Waals surface area (Å²) in [5.74, 6) is -2.70. The van der Waals surface area contributed by atoms with Gasteiger partial charge in [0.1, 0.15) is 12.3 Å². The van der Waals surface area contributed by atoms with Crippen LogP contribution in [-0.4, -0.2) is 46.8 Å². The fraction of sp³-hybridized carbons (Fsp3) is 0.211. The van der Waals surface area contributed by atoms with Crippen molar-refractivity contribution in [2.45, 2.75) is 13.8 Å². The number of nitrogens with one attached hydrogen (secondary N) is 1. The van der Waals surface area contributed by atoms with Crippen molar-refractivity contribution < 1.29 is 23.9 Å². The highest BCUT2D eigenvalue weighted by Gasteiger charge is 2.47. The van der Waals surface area contributed by atoms with E-state index < -0.39 is 30.3 Å². The second-order valence-corrected chi connectivity index (χ2v) is 6.94. The number of amides is 5. The number of halogens is 2. The van der Waals surface area contributed by atoms with E-state index in [9.17, 15) is 19.2 Å². The van der Waals surface area contributed by atoms with Crippen molar-refractivity contribution in [1.29, 1.82) is 0 Å². The summed E-state index contributed by atoms with van der Waals surface area (Å²) in [6.07, 6.45) is 1.31. The molecule has 0 saturated carbocycles.